The third-order valence-corrected chi connectivity index (χ3v) is 22.0. The smallest absolute Gasteiger partial charge is 0.251 e. The second kappa shape index (κ2) is 17.2. The Morgan fingerprint density at radius 1 is 0.667 bits per heavy atom. The molecule has 5 aromatic carbocycles. The molecular weight excluding hydrogens is 980 g/mol. The number of aromatic nitrogens is 2. The maximum absolute atomic E-state index is 7.38. The Kier molecular flexibility index (Phi) is 10.7. The highest BCUT2D eigenvalue weighted by Gasteiger charge is 2.53. The van der Waals surface area contributed by atoms with Gasteiger partial charge in [-0.05, 0) is 206 Å². The largest absolute Gasteiger partial charge is 0.458 e. The van der Waals surface area contributed by atoms with Crippen LogP contribution in [0.2, 0.25) is 0 Å². The van der Waals surface area contributed by atoms with Gasteiger partial charge in [-0.25, -0.2) is 0 Å². The number of benzene rings is 5. The quantitative estimate of drug-likeness (QED) is 0.127. The van der Waals surface area contributed by atoms with Crippen LogP contribution < -0.4 is 21.1 Å². The van der Waals surface area contributed by atoms with E-state index >= 15 is 0 Å². The summed E-state index contributed by atoms with van der Waals surface area (Å²) in [4.78, 5) is 0. The van der Waals surface area contributed by atoms with Gasteiger partial charge in [0.25, 0.3) is 6.71 Å². The van der Waals surface area contributed by atoms with Gasteiger partial charge in [-0.15, -0.1) is 0 Å². The molecule has 9 aliphatic rings. The minimum atomic E-state index is 0.0214. The van der Waals surface area contributed by atoms with E-state index in [9.17, 15) is 0 Å². The number of para-hydroxylation sites is 1. The van der Waals surface area contributed by atoms with Gasteiger partial charge in [-0.3, -0.25) is 0 Å². The first kappa shape index (κ1) is 50.5. The fourth-order valence-corrected chi connectivity index (χ4v) is 17.3. The van der Waals surface area contributed by atoms with Gasteiger partial charge < -0.3 is 13.9 Å². The molecular formula is C77H83BN2O. The highest BCUT2D eigenvalue weighted by Crippen LogP contribution is 2.64. The number of nitrogens with zero attached hydrogens (tertiary/aromatic N) is 2. The molecule has 0 radical (unpaired) electrons. The Bertz CT molecular complexity index is 4070. The maximum Gasteiger partial charge on any atom is 0.251 e. The zero-order chi connectivity index (χ0) is 55.6. The van der Waals surface area contributed by atoms with E-state index in [4.69, 9.17) is 4.74 Å². The molecule has 7 unspecified atom stereocenters. The van der Waals surface area contributed by atoms with Gasteiger partial charge in [0, 0.05) is 40.2 Å². The van der Waals surface area contributed by atoms with Crippen LogP contribution in [0, 0.1) is 28.6 Å². The molecule has 0 bridgehead atoms. The predicted octanol–water partition coefficient (Wildman–Crippen LogP) is 18.2. The second-order valence-corrected chi connectivity index (χ2v) is 30.9. The van der Waals surface area contributed by atoms with Crippen LogP contribution in [0.1, 0.15) is 214 Å². The predicted molar refractivity (Wildman–Crippen MR) is 342 cm³/mol. The normalized spacial score (nSPS) is 25.0. The van der Waals surface area contributed by atoms with Crippen LogP contribution in [0.15, 0.2) is 126 Å². The number of hydrogen-bond acceptors (Lipinski definition) is 1. The van der Waals surface area contributed by atoms with Crippen molar-refractivity contribution >= 4 is 62.6 Å². The molecule has 0 N–H and O–H groups in total. The molecule has 81 heavy (non-hydrogen) atoms. The molecule has 2 saturated carbocycles. The third-order valence-electron chi connectivity index (χ3n) is 22.0. The fraction of sp³-hybridized carbons (Fsp3) is 0.429. The number of rotatable bonds is 3. The van der Waals surface area contributed by atoms with Crippen molar-refractivity contribution in [3.05, 3.63) is 182 Å². The van der Waals surface area contributed by atoms with Crippen molar-refractivity contribution in [1.82, 2.24) is 9.13 Å². The molecule has 2 aliphatic heterocycles. The highest BCUT2D eigenvalue weighted by molar-refractivity contribution is 6.97. The number of hydrogen-bond donors (Lipinski definition) is 0. The molecule has 410 valence electrons. The number of allylic oxidation sites excluding steroid dienone is 8. The van der Waals surface area contributed by atoms with Crippen molar-refractivity contribution in [2.45, 2.75) is 182 Å². The molecule has 7 atom stereocenters. The standard InChI is InChI=1S/C77H83BN2O/c1-74(2,3)44-24-32-66-58(35-44)59-36-45(75(4,5)6)25-33-67(59)79(66)48-27-21-43(22-28-48)70-53-19-14-13-17-50(53)54-30-31-55-52-18-15-16-20-65(52)80(73(55)71(54)61-42-60(61)70)49-39-62-57-41-56(57)51-29-23-46(76(7,8)9)37-63(51)78-64-38-47(77(10,11)12)26-34-68(64)81-69(40-49)72(62)78/h14-16,18-21,23-24,26,29-32,34,36-40,44,48,56-57,60-61,70H,13,17,22,25,27-28,33,35,41-42H2,1-12H3. The third kappa shape index (κ3) is 7.65. The van der Waals surface area contributed by atoms with Gasteiger partial charge in [0.2, 0.25) is 0 Å². The van der Waals surface area contributed by atoms with Crippen LogP contribution in [-0.2, 0) is 23.7 Å². The Balaban J connectivity index is 0.817. The zero-order valence-electron chi connectivity index (χ0n) is 50.5. The summed E-state index contributed by atoms with van der Waals surface area (Å²) in [6, 6.07) is 34.7. The summed E-state index contributed by atoms with van der Waals surface area (Å²) in [7, 11) is 0. The van der Waals surface area contributed by atoms with E-state index in [1.807, 2.05) is 0 Å². The summed E-state index contributed by atoms with van der Waals surface area (Å²) >= 11 is 0. The molecule has 4 heteroatoms. The number of fused-ring (bicyclic) bond motifs is 18. The molecule has 0 amide bonds. The van der Waals surface area contributed by atoms with E-state index in [2.05, 4.69) is 214 Å². The summed E-state index contributed by atoms with van der Waals surface area (Å²) in [5.74, 6) is 5.15. The Hall–Kier alpha value is -6.26. The van der Waals surface area contributed by atoms with Crippen LogP contribution in [0.3, 0.4) is 0 Å². The molecule has 4 heterocycles. The van der Waals surface area contributed by atoms with Crippen LogP contribution in [-0.4, -0.2) is 15.8 Å². The summed E-state index contributed by atoms with van der Waals surface area (Å²) in [6.07, 6.45) is 27.3. The topological polar surface area (TPSA) is 19.1 Å². The molecule has 2 fully saturated rings. The number of ether oxygens (including phenoxy) is 1. The van der Waals surface area contributed by atoms with Crippen molar-refractivity contribution in [3.63, 3.8) is 0 Å². The van der Waals surface area contributed by atoms with E-state index in [1.54, 1.807) is 50.2 Å². The maximum atomic E-state index is 7.38. The van der Waals surface area contributed by atoms with Crippen LogP contribution in [0.25, 0.3) is 45.2 Å². The molecule has 2 aromatic heterocycles. The van der Waals surface area contributed by atoms with Crippen molar-refractivity contribution in [2.24, 2.45) is 28.6 Å². The molecule has 0 saturated heterocycles. The second-order valence-electron chi connectivity index (χ2n) is 30.9. The lowest BCUT2D eigenvalue weighted by molar-refractivity contribution is 0.290. The molecule has 7 aromatic rings. The Labute approximate surface area is 483 Å². The molecule has 7 aliphatic carbocycles. The highest BCUT2D eigenvalue weighted by atomic mass is 16.5. The lowest BCUT2D eigenvalue weighted by Crippen LogP contribution is -2.56. The first-order chi connectivity index (χ1) is 38.7. The summed E-state index contributed by atoms with van der Waals surface area (Å²) in [5.41, 5.74) is 30.5. The average molecular weight is 1060 g/mol. The van der Waals surface area contributed by atoms with Crippen LogP contribution >= 0.6 is 0 Å². The molecule has 16 rings (SSSR count). The van der Waals surface area contributed by atoms with E-state index in [1.165, 1.54) is 104 Å². The Morgan fingerprint density at radius 3 is 2.21 bits per heavy atom. The SMILES string of the molecule is CC(C)(C)C1=Cc2c3c(n(C4CC=C(C5C6=C(CCC=C6)c6ccc7c8ccccc8n(-c8cc9c%10c(c8)C8CC8c8ccc(C(C)(C)C)cc8B%10c8cc(C(C)(C)C)ccc8O9)c7c6C6CC56)CC4)c2CC1)C=CC(C(C)(C)C)C3. The van der Waals surface area contributed by atoms with Gasteiger partial charge >= 0.3 is 0 Å². The van der Waals surface area contributed by atoms with Crippen molar-refractivity contribution in [3.8, 4) is 17.2 Å². The summed E-state index contributed by atoms with van der Waals surface area (Å²) < 4.78 is 13.0. The fourth-order valence-electron chi connectivity index (χ4n) is 17.3. The van der Waals surface area contributed by atoms with Gasteiger partial charge in [0.15, 0.2) is 0 Å². The van der Waals surface area contributed by atoms with Crippen molar-refractivity contribution < 1.29 is 4.74 Å². The minimum Gasteiger partial charge on any atom is -0.458 e. The zero-order valence-corrected chi connectivity index (χ0v) is 50.5. The molecule has 3 nitrogen and oxygen atoms in total. The van der Waals surface area contributed by atoms with Gasteiger partial charge in [0.1, 0.15) is 11.5 Å². The lowest BCUT2D eigenvalue weighted by atomic mass is 9.34. The first-order valence-electron chi connectivity index (χ1n) is 31.6. The average Bonchev–Trinajstić information content (AvgIpc) is 3.08. The molecule has 0 spiro atoms. The van der Waals surface area contributed by atoms with Gasteiger partial charge in [-0.2, -0.15) is 0 Å². The van der Waals surface area contributed by atoms with E-state index in [0.29, 0.717) is 41.5 Å². The van der Waals surface area contributed by atoms with Crippen molar-refractivity contribution in [2.75, 3.05) is 0 Å². The van der Waals surface area contributed by atoms with Gasteiger partial charge in [-0.1, -0.05) is 191 Å². The van der Waals surface area contributed by atoms with Crippen LogP contribution in [0.4, 0.5) is 0 Å². The Morgan fingerprint density at radius 2 is 1.44 bits per heavy atom. The van der Waals surface area contributed by atoms with E-state index in [0.717, 1.165) is 43.6 Å². The lowest BCUT2D eigenvalue weighted by Gasteiger charge is -2.34. The van der Waals surface area contributed by atoms with Crippen molar-refractivity contribution in [1.29, 1.82) is 0 Å². The summed E-state index contributed by atoms with van der Waals surface area (Å²) in [6.45, 7) is 28.8. The van der Waals surface area contributed by atoms with E-state index in [-0.39, 0.29) is 28.4 Å². The van der Waals surface area contributed by atoms with Gasteiger partial charge in [0.05, 0.1) is 16.7 Å². The van der Waals surface area contributed by atoms with Crippen LogP contribution in [0.5, 0.6) is 11.5 Å². The monoisotopic (exact) mass is 1060 g/mol. The first-order valence-corrected chi connectivity index (χ1v) is 31.6. The minimum absolute atomic E-state index is 0.0214. The van der Waals surface area contributed by atoms with E-state index < -0.39 is 0 Å². The summed E-state index contributed by atoms with van der Waals surface area (Å²) in [5, 5.41) is 2.74.